The predicted molar refractivity (Wildman–Crippen MR) is 70.1 cm³/mol. The minimum absolute atomic E-state index is 0.00363. The number of nitrogens with zero attached hydrogens (tertiary/aromatic N) is 1. The van der Waals surface area contributed by atoms with Crippen LogP contribution in [0.4, 0.5) is 0 Å². The van der Waals surface area contributed by atoms with Crippen LogP contribution in [0.3, 0.4) is 0 Å². The van der Waals surface area contributed by atoms with Gasteiger partial charge in [0.15, 0.2) is 0 Å². The summed E-state index contributed by atoms with van der Waals surface area (Å²) in [6, 6.07) is 1.14. The fourth-order valence-electron chi connectivity index (χ4n) is 1.58. The minimum Gasteiger partial charge on any atom is -0.366 e. The molecule has 0 spiro atoms. The van der Waals surface area contributed by atoms with Crippen LogP contribution in [-0.4, -0.2) is 44.3 Å². The molecule has 0 saturated heterocycles. The summed E-state index contributed by atoms with van der Waals surface area (Å²) in [7, 11) is -1.08. The molecule has 19 heavy (non-hydrogen) atoms. The van der Waals surface area contributed by atoms with E-state index in [0.717, 1.165) is 16.6 Å². The molecule has 106 valence electrons. The molecule has 0 aliphatic rings. The van der Waals surface area contributed by atoms with Crippen LogP contribution in [-0.2, 0) is 14.8 Å². The molecular weight excluding hydrogens is 270 g/mol. The lowest BCUT2D eigenvalue weighted by molar-refractivity contribution is -0.124. The Morgan fingerprint density at radius 2 is 2.16 bits per heavy atom. The third kappa shape index (κ3) is 3.42. The van der Waals surface area contributed by atoms with Gasteiger partial charge in [-0.1, -0.05) is 6.92 Å². The predicted octanol–water partition coefficient (Wildman–Crippen LogP) is -0.622. The fraction of sp³-hybridized carbons (Fsp3) is 0.455. The van der Waals surface area contributed by atoms with Crippen LogP contribution in [0.1, 0.15) is 6.92 Å². The van der Waals surface area contributed by atoms with Crippen molar-refractivity contribution in [3.63, 3.8) is 0 Å². The number of carbonyl (C=O) groups excluding carboxylic acids is 1. The number of H-pyrrole nitrogens is 1. The lowest BCUT2D eigenvalue weighted by atomic mass is 10.2. The Morgan fingerprint density at radius 3 is 2.68 bits per heavy atom. The van der Waals surface area contributed by atoms with Crippen LogP contribution in [0.25, 0.3) is 0 Å². The van der Waals surface area contributed by atoms with E-state index in [1.807, 2.05) is 0 Å². The second-order valence-electron chi connectivity index (χ2n) is 4.17. The van der Waals surface area contributed by atoms with Gasteiger partial charge in [-0.15, -0.1) is 0 Å². The lowest BCUT2D eigenvalue weighted by Gasteiger charge is -2.19. The highest BCUT2D eigenvalue weighted by molar-refractivity contribution is 7.89. The highest BCUT2D eigenvalue weighted by Crippen LogP contribution is 2.10. The van der Waals surface area contributed by atoms with Gasteiger partial charge in [-0.3, -0.25) is 9.59 Å². The Labute approximate surface area is 111 Å². The molecular formula is C11H17N3O4S. The number of amides is 1. The molecule has 0 bridgehead atoms. The summed E-state index contributed by atoms with van der Waals surface area (Å²) in [5, 5.41) is 2.44. The highest BCUT2D eigenvalue weighted by atomic mass is 32.2. The number of nitrogens with one attached hydrogen (secondary N) is 2. The maximum absolute atomic E-state index is 12.2. The van der Waals surface area contributed by atoms with Gasteiger partial charge in [0, 0.05) is 45.0 Å². The maximum atomic E-state index is 12.2. The summed E-state index contributed by atoms with van der Waals surface area (Å²) >= 11 is 0. The van der Waals surface area contributed by atoms with Crippen molar-refractivity contribution in [1.29, 1.82) is 0 Å². The fourth-order valence-corrected chi connectivity index (χ4v) is 2.88. The van der Waals surface area contributed by atoms with Gasteiger partial charge in [-0.05, 0) is 0 Å². The van der Waals surface area contributed by atoms with E-state index < -0.39 is 21.4 Å². The molecule has 1 atom stereocenters. The maximum Gasteiger partial charge on any atom is 0.248 e. The van der Waals surface area contributed by atoms with Crippen LogP contribution in [0.15, 0.2) is 28.2 Å². The van der Waals surface area contributed by atoms with Gasteiger partial charge < -0.3 is 10.3 Å². The number of hydrogen-bond acceptors (Lipinski definition) is 4. The molecule has 0 aliphatic carbocycles. The number of sulfonamides is 1. The van der Waals surface area contributed by atoms with E-state index in [4.69, 9.17) is 0 Å². The van der Waals surface area contributed by atoms with Gasteiger partial charge in [0.1, 0.15) is 4.90 Å². The second-order valence-corrected chi connectivity index (χ2v) is 6.19. The quantitative estimate of drug-likeness (QED) is 0.753. The summed E-state index contributed by atoms with van der Waals surface area (Å²) in [6.45, 7) is 1.61. The Hall–Kier alpha value is -1.67. The molecule has 0 fully saturated rings. The van der Waals surface area contributed by atoms with Crippen LogP contribution < -0.4 is 10.7 Å². The van der Waals surface area contributed by atoms with Crippen molar-refractivity contribution in [2.24, 2.45) is 5.92 Å². The summed E-state index contributed by atoms with van der Waals surface area (Å²) in [4.78, 5) is 25.2. The molecule has 1 aromatic heterocycles. The smallest absolute Gasteiger partial charge is 0.248 e. The molecule has 1 heterocycles. The second kappa shape index (κ2) is 5.98. The van der Waals surface area contributed by atoms with E-state index in [1.165, 1.54) is 20.3 Å². The first-order valence-corrected chi connectivity index (χ1v) is 7.09. The molecule has 0 saturated carbocycles. The zero-order chi connectivity index (χ0) is 14.6. The summed E-state index contributed by atoms with van der Waals surface area (Å²) in [5.41, 5.74) is -0.585. The molecule has 2 N–H and O–H groups in total. The van der Waals surface area contributed by atoms with Gasteiger partial charge in [0.2, 0.25) is 21.4 Å². The third-order valence-corrected chi connectivity index (χ3v) is 4.55. The summed E-state index contributed by atoms with van der Waals surface area (Å²) < 4.78 is 25.3. The zero-order valence-electron chi connectivity index (χ0n) is 11.0. The number of carbonyl (C=O) groups is 1. The van der Waals surface area contributed by atoms with E-state index in [2.05, 4.69) is 10.3 Å². The van der Waals surface area contributed by atoms with Crippen LogP contribution in [0.2, 0.25) is 0 Å². The van der Waals surface area contributed by atoms with Crippen molar-refractivity contribution in [2.45, 2.75) is 11.8 Å². The van der Waals surface area contributed by atoms with Gasteiger partial charge in [0.25, 0.3) is 0 Å². The first-order chi connectivity index (χ1) is 8.80. The van der Waals surface area contributed by atoms with Crippen molar-refractivity contribution >= 4 is 15.9 Å². The number of rotatable bonds is 5. The van der Waals surface area contributed by atoms with Gasteiger partial charge in [0.05, 0.1) is 0 Å². The Balaban J connectivity index is 2.99. The van der Waals surface area contributed by atoms with E-state index in [0.29, 0.717) is 0 Å². The molecule has 8 heteroatoms. The number of hydrogen-bond donors (Lipinski definition) is 2. The molecule has 7 nitrogen and oxygen atoms in total. The van der Waals surface area contributed by atoms with Crippen molar-refractivity contribution in [2.75, 3.05) is 20.6 Å². The minimum atomic E-state index is -3.90. The summed E-state index contributed by atoms with van der Waals surface area (Å²) in [6.07, 6.45) is 2.49. The highest BCUT2D eigenvalue weighted by Gasteiger charge is 2.26. The largest absolute Gasteiger partial charge is 0.366 e. The van der Waals surface area contributed by atoms with Crippen LogP contribution in [0.5, 0.6) is 0 Å². The number of pyridine rings is 1. The first kappa shape index (κ1) is 15.4. The molecule has 0 aliphatic heterocycles. The Morgan fingerprint density at radius 1 is 1.53 bits per heavy atom. The van der Waals surface area contributed by atoms with E-state index in [-0.39, 0.29) is 17.3 Å². The average molecular weight is 287 g/mol. The molecule has 1 unspecified atom stereocenters. The van der Waals surface area contributed by atoms with Gasteiger partial charge in [-0.25, -0.2) is 8.42 Å². The monoisotopic (exact) mass is 287 g/mol. The first-order valence-electron chi connectivity index (χ1n) is 5.65. The molecule has 1 aromatic rings. The molecule has 1 amide bonds. The Bertz CT molecular complexity index is 608. The molecule has 0 radical (unpaired) electrons. The zero-order valence-corrected chi connectivity index (χ0v) is 11.8. The van der Waals surface area contributed by atoms with Crippen LogP contribution in [0, 0.1) is 5.92 Å². The van der Waals surface area contributed by atoms with Crippen molar-refractivity contribution in [3.05, 3.63) is 28.7 Å². The molecule has 0 aromatic carbocycles. The van der Waals surface area contributed by atoms with Crippen LogP contribution >= 0.6 is 0 Å². The standard InChI is InChI=1S/C11H17N3O4S/c1-8(11(16)12-2)7-14(3)19(17,18)10-6-13-5-4-9(10)15/h4-6,8H,7H2,1-3H3,(H,12,16)(H,13,15). The Kier molecular flexibility index (Phi) is 4.84. The SMILES string of the molecule is CNC(=O)C(C)CN(C)S(=O)(=O)c1c[nH]ccc1=O. The molecule has 1 rings (SSSR count). The lowest BCUT2D eigenvalue weighted by Crippen LogP contribution is -2.38. The topological polar surface area (TPSA) is 99.3 Å². The number of aromatic amines is 1. The van der Waals surface area contributed by atoms with Gasteiger partial charge >= 0.3 is 0 Å². The van der Waals surface area contributed by atoms with Gasteiger partial charge in [-0.2, -0.15) is 4.31 Å². The van der Waals surface area contributed by atoms with Crippen molar-refractivity contribution in [3.8, 4) is 0 Å². The number of aromatic nitrogens is 1. The normalized spacial score (nSPS) is 13.3. The summed E-state index contributed by atoms with van der Waals surface area (Å²) in [5.74, 6) is -0.767. The average Bonchev–Trinajstić information content (AvgIpc) is 2.37. The van der Waals surface area contributed by atoms with E-state index >= 15 is 0 Å². The third-order valence-electron chi connectivity index (χ3n) is 2.70. The van der Waals surface area contributed by atoms with Crippen molar-refractivity contribution < 1.29 is 13.2 Å². The van der Waals surface area contributed by atoms with E-state index in [9.17, 15) is 18.0 Å². The van der Waals surface area contributed by atoms with E-state index in [1.54, 1.807) is 6.92 Å². The van der Waals surface area contributed by atoms with Crippen molar-refractivity contribution in [1.82, 2.24) is 14.6 Å².